The van der Waals surface area contributed by atoms with Gasteiger partial charge in [-0.25, -0.2) is 4.39 Å². The predicted octanol–water partition coefficient (Wildman–Crippen LogP) is 2.46. The second-order valence-electron chi connectivity index (χ2n) is 2.08. The molecule has 0 heterocycles. The Hall–Kier alpha value is -1.10. The molecule has 0 unspecified atom stereocenters. The average Bonchev–Trinajstić information content (AvgIpc) is 2.04. The third kappa shape index (κ3) is 1.73. The van der Waals surface area contributed by atoms with Crippen molar-refractivity contribution in [3.8, 4) is 0 Å². The number of hydrogen-bond acceptors (Lipinski definition) is 3. The van der Waals surface area contributed by atoms with E-state index in [4.69, 9.17) is 0 Å². The van der Waals surface area contributed by atoms with E-state index >= 15 is 0 Å². The second kappa shape index (κ2) is 3.53. The quantitative estimate of drug-likeness (QED) is 0.405. The molecule has 0 spiro atoms. The Balaban J connectivity index is 3.10. The molecule has 1 aromatic carbocycles. The van der Waals surface area contributed by atoms with Crippen LogP contribution in [-0.2, 0) is 0 Å². The summed E-state index contributed by atoms with van der Waals surface area (Å²) in [5.41, 5.74) is -0.217. The molecule has 12 heavy (non-hydrogen) atoms. The molecule has 0 N–H and O–H groups in total. The topological polar surface area (TPSA) is 43.1 Å². The lowest BCUT2D eigenvalue weighted by molar-refractivity contribution is -0.385. The molecule has 3 nitrogen and oxygen atoms in total. The fraction of sp³-hybridized carbons (Fsp3) is 0.143. The van der Waals surface area contributed by atoms with Gasteiger partial charge in [-0.3, -0.25) is 10.1 Å². The van der Waals surface area contributed by atoms with Crippen LogP contribution < -0.4 is 0 Å². The lowest BCUT2D eigenvalue weighted by atomic mass is 10.3. The minimum Gasteiger partial charge on any atom is -0.258 e. The third-order valence-corrected chi connectivity index (χ3v) is 2.12. The first kappa shape index (κ1) is 8.99. The summed E-state index contributed by atoms with van der Waals surface area (Å²) in [6, 6.07) is 3.61. The molecule has 0 fully saturated rings. The summed E-state index contributed by atoms with van der Waals surface area (Å²) in [5.74, 6) is -0.545. The number of nitrogens with zero attached hydrogens (tertiary/aromatic N) is 1. The van der Waals surface area contributed by atoms with E-state index < -0.39 is 10.7 Å². The van der Waals surface area contributed by atoms with E-state index in [9.17, 15) is 14.5 Å². The highest BCUT2D eigenvalue weighted by atomic mass is 32.2. The molecule has 0 aliphatic carbocycles. The van der Waals surface area contributed by atoms with Gasteiger partial charge >= 0.3 is 0 Å². The maximum atomic E-state index is 12.9. The summed E-state index contributed by atoms with van der Waals surface area (Å²) >= 11 is 1.22. The molecular weight excluding hydrogens is 181 g/mol. The Morgan fingerprint density at radius 2 is 2.25 bits per heavy atom. The van der Waals surface area contributed by atoms with E-state index in [-0.39, 0.29) is 5.69 Å². The minimum absolute atomic E-state index is 0.217. The smallest absolute Gasteiger partial charge is 0.258 e. The van der Waals surface area contributed by atoms with E-state index in [2.05, 4.69) is 0 Å². The monoisotopic (exact) mass is 187 g/mol. The number of non-ortho nitro benzene ring substituents is 1. The maximum Gasteiger partial charge on any atom is 0.272 e. The Bertz CT molecular complexity index is 316. The zero-order chi connectivity index (χ0) is 9.14. The molecule has 64 valence electrons. The van der Waals surface area contributed by atoms with Gasteiger partial charge in [0, 0.05) is 11.0 Å². The van der Waals surface area contributed by atoms with Crippen LogP contribution >= 0.6 is 11.8 Å². The highest BCUT2D eigenvalue weighted by Gasteiger charge is 2.09. The number of thioether (sulfide) groups is 1. The van der Waals surface area contributed by atoms with E-state index in [1.165, 1.54) is 23.9 Å². The van der Waals surface area contributed by atoms with Gasteiger partial charge in [0.25, 0.3) is 5.69 Å². The van der Waals surface area contributed by atoms with Gasteiger partial charge in [0.1, 0.15) is 5.82 Å². The summed E-state index contributed by atoms with van der Waals surface area (Å²) in [4.78, 5) is 9.98. The fourth-order valence-corrected chi connectivity index (χ4v) is 1.23. The molecular formula is C7H6FNO2S. The Kier molecular flexibility index (Phi) is 2.65. The molecule has 0 aliphatic heterocycles. The van der Waals surface area contributed by atoms with Crippen molar-refractivity contribution in [1.29, 1.82) is 0 Å². The van der Waals surface area contributed by atoms with Crippen LogP contribution in [-0.4, -0.2) is 11.2 Å². The number of hydrogen-bond donors (Lipinski definition) is 0. The number of halogens is 1. The van der Waals surface area contributed by atoms with Crippen LogP contribution in [0.2, 0.25) is 0 Å². The first-order chi connectivity index (χ1) is 5.65. The number of nitro benzene ring substituents is 1. The summed E-state index contributed by atoms with van der Waals surface area (Å²) in [5, 5.41) is 10.2. The van der Waals surface area contributed by atoms with Gasteiger partial charge < -0.3 is 0 Å². The van der Waals surface area contributed by atoms with E-state index in [1.54, 1.807) is 6.26 Å². The van der Waals surface area contributed by atoms with Crippen molar-refractivity contribution in [3.63, 3.8) is 0 Å². The summed E-state index contributed by atoms with van der Waals surface area (Å²) < 4.78 is 12.9. The lowest BCUT2D eigenvalue weighted by Gasteiger charge is -1.97. The van der Waals surface area contributed by atoms with Gasteiger partial charge in [-0.2, -0.15) is 0 Å². The first-order valence-corrected chi connectivity index (χ1v) is 4.35. The van der Waals surface area contributed by atoms with Gasteiger partial charge in [0.15, 0.2) is 0 Å². The van der Waals surface area contributed by atoms with Crippen molar-refractivity contribution in [2.45, 2.75) is 4.90 Å². The van der Waals surface area contributed by atoms with Crippen molar-refractivity contribution in [3.05, 3.63) is 34.1 Å². The van der Waals surface area contributed by atoms with Crippen molar-refractivity contribution >= 4 is 17.4 Å². The van der Waals surface area contributed by atoms with Crippen LogP contribution in [0.15, 0.2) is 23.1 Å². The van der Waals surface area contributed by atoms with Crippen LogP contribution in [0.3, 0.4) is 0 Å². The zero-order valence-corrected chi connectivity index (χ0v) is 7.10. The van der Waals surface area contributed by atoms with Gasteiger partial charge in [0.05, 0.1) is 11.0 Å². The summed E-state index contributed by atoms with van der Waals surface area (Å²) in [6.45, 7) is 0. The molecule has 0 saturated heterocycles. The standard InChI is InChI=1S/C7H6FNO2S/c1-12-7-3-2-5(9(10)11)4-6(7)8/h2-4H,1H3. The number of benzene rings is 1. The Morgan fingerprint density at radius 1 is 1.58 bits per heavy atom. The first-order valence-electron chi connectivity index (χ1n) is 3.13. The third-order valence-electron chi connectivity index (χ3n) is 1.35. The van der Waals surface area contributed by atoms with E-state index in [0.29, 0.717) is 4.90 Å². The highest BCUT2D eigenvalue weighted by molar-refractivity contribution is 7.98. The van der Waals surface area contributed by atoms with Crippen LogP contribution in [0.25, 0.3) is 0 Å². The molecule has 0 bridgehead atoms. The highest BCUT2D eigenvalue weighted by Crippen LogP contribution is 2.22. The van der Waals surface area contributed by atoms with Crippen LogP contribution in [0.5, 0.6) is 0 Å². The van der Waals surface area contributed by atoms with E-state index in [1.807, 2.05) is 0 Å². The molecule has 1 aromatic rings. The van der Waals surface area contributed by atoms with Crippen molar-refractivity contribution in [1.82, 2.24) is 0 Å². The molecule has 0 aliphatic rings. The van der Waals surface area contributed by atoms with Gasteiger partial charge in [-0.1, -0.05) is 0 Å². The fourth-order valence-electron chi connectivity index (χ4n) is 0.769. The van der Waals surface area contributed by atoms with Crippen molar-refractivity contribution in [2.24, 2.45) is 0 Å². The lowest BCUT2D eigenvalue weighted by Crippen LogP contribution is -1.89. The molecule has 5 heteroatoms. The van der Waals surface area contributed by atoms with E-state index in [0.717, 1.165) is 6.07 Å². The van der Waals surface area contributed by atoms with Crippen molar-refractivity contribution < 1.29 is 9.31 Å². The molecule has 0 atom stereocenters. The SMILES string of the molecule is CSc1ccc([N+](=O)[O-])cc1F. The average molecular weight is 187 g/mol. The van der Waals surface area contributed by atoms with Crippen LogP contribution in [0, 0.1) is 15.9 Å². The molecule has 0 radical (unpaired) electrons. The molecule has 1 rings (SSSR count). The summed E-state index contributed by atoms with van der Waals surface area (Å²) in [7, 11) is 0. The Labute approximate surface area is 72.7 Å². The number of rotatable bonds is 2. The molecule has 0 amide bonds. The second-order valence-corrected chi connectivity index (χ2v) is 2.92. The minimum atomic E-state index is -0.618. The van der Waals surface area contributed by atoms with Gasteiger partial charge in [0.2, 0.25) is 0 Å². The normalized spacial score (nSPS) is 9.83. The summed E-state index contributed by atoms with van der Waals surface area (Å²) in [6.07, 6.45) is 1.71. The molecule has 0 aromatic heterocycles. The van der Waals surface area contributed by atoms with Crippen molar-refractivity contribution in [2.75, 3.05) is 6.26 Å². The zero-order valence-electron chi connectivity index (χ0n) is 6.28. The Morgan fingerprint density at radius 3 is 2.67 bits per heavy atom. The molecule has 0 saturated carbocycles. The van der Waals surface area contributed by atoms with Gasteiger partial charge in [-0.15, -0.1) is 11.8 Å². The van der Waals surface area contributed by atoms with Crippen LogP contribution in [0.4, 0.5) is 10.1 Å². The largest absolute Gasteiger partial charge is 0.272 e. The van der Waals surface area contributed by atoms with Crippen LogP contribution in [0.1, 0.15) is 0 Å². The number of nitro groups is 1. The maximum absolute atomic E-state index is 12.9. The van der Waals surface area contributed by atoms with Gasteiger partial charge in [-0.05, 0) is 12.3 Å². The predicted molar refractivity (Wildman–Crippen MR) is 44.8 cm³/mol.